The van der Waals surface area contributed by atoms with Crippen LogP contribution in [0.25, 0.3) is 0 Å². The van der Waals surface area contributed by atoms with E-state index in [1.165, 1.54) is 19.3 Å². The average molecular weight is 373 g/mol. The first-order chi connectivity index (χ1) is 11.2. The van der Waals surface area contributed by atoms with E-state index in [1.54, 1.807) is 12.1 Å². The molecule has 0 saturated carbocycles. The van der Waals surface area contributed by atoms with Crippen molar-refractivity contribution in [1.82, 2.24) is 4.31 Å². The normalized spacial score (nSPS) is 16.9. The first kappa shape index (κ1) is 17.1. The maximum absolute atomic E-state index is 13.1. The van der Waals surface area contributed by atoms with Gasteiger partial charge in [0.15, 0.2) is 9.84 Å². The highest BCUT2D eigenvalue weighted by Crippen LogP contribution is 2.28. The van der Waals surface area contributed by atoms with Crippen LogP contribution in [0.15, 0.2) is 45.9 Å². The quantitative estimate of drug-likeness (QED) is 0.797. The van der Waals surface area contributed by atoms with Crippen LogP contribution in [-0.2, 0) is 25.6 Å². The van der Waals surface area contributed by atoms with Crippen LogP contribution in [0.3, 0.4) is 0 Å². The van der Waals surface area contributed by atoms with Crippen molar-refractivity contribution in [3.05, 3.63) is 53.7 Å². The number of benzene rings is 1. The van der Waals surface area contributed by atoms with E-state index in [4.69, 9.17) is 4.42 Å². The fourth-order valence-corrected chi connectivity index (χ4v) is 6.11. The molecule has 2 aromatic rings. The second-order valence-corrected chi connectivity index (χ2v) is 9.93. The monoisotopic (exact) mass is 373 g/mol. The van der Waals surface area contributed by atoms with Gasteiger partial charge >= 0.3 is 0 Å². The summed E-state index contributed by atoms with van der Waals surface area (Å²) < 4.78 is 68.9. The van der Waals surface area contributed by atoms with Crippen molar-refractivity contribution >= 4 is 19.9 Å². The fraction of sp³-hybridized carbons (Fsp3) is 0.333. The van der Waals surface area contributed by atoms with Gasteiger partial charge in [0, 0.05) is 13.1 Å². The Morgan fingerprint density at radius 3 is 2.50 bits per heavy atom. The zero-order valence-electron chi connectivity index (χ0n) is 12.8. The minimum Gasteiger partial charge on any atom is -0.468 e. The first-order valence-corrected chi connectivity index (χ1v) is 10.4. The zero-order valence-corrected chi connectivity index (χ0v) is 14.5. The van der Waals surface area contributed by atoms with Gasteiger partial charge in [-0.05, 0) is 42.8 Å². The molecule has 1 fully saturated rings. The van der Waals surface area contributed by atoms with Crippen LogP contribution in [0, 0.1) is 12.7 Å². The van der Waals surface area contributed by atoms with Gasteiger partial charge in [0.05, 0.1) is 16.4 Å². The van der Waals surface area contributed by atoms with Crippen LogP contribution >= 0.6 is 0 Å². The Kier molecular flexibility index (Phi) is 4.27. The van der Waals surface area contributed by atoms with Gasteiger partial charge < -0.3 is 4.42 Å². The Hall–Kier alpha value is -1.71. The molecule has 6 nitrogen and oxygen atoms in total. The highest BCUT2D eigenvalue weighted by Gasteiger charge is 2.44. The Labute approximate surface area is 139 Å². The molecular weight excluding hydrogens is 357 g/mol. The summed E-state index contributed by atoms with van der Waals surface area (Å²) >= 11 is 0. The SMILES string of the molecule is Cc1cc(F)ccc1S(=O)(=O)N1CC(S(=O)(=O)Cc2ccco2)C1. The van der Waals surface area contributed by atoms with E-state index in [9.17, 15) is 21.2 Å². The molecule has 3 rings (SSSR count). The van der Waals surface area contributed by atoms with Gasteiger partial charge in [-0.25, -0.2) is 21.2 Å². The number of nitrogens with zero attached hydrogens (tertiary/aromatic N) is 1. The number of furan rings is 1. The summed E-state index contributed by atoms with van der Waals surface area (Å²) in [5, 5.41) is -0.766. The van der Waals surface area contributed by atoms with Crippen molar-refractivity contribution in [1.29, 1.82) is 0 Å². The van der Waals surface area contributed by atoms with Crippen molar-refractivity contribution in [2.45, 2.75) is 22.8 Å². The first-order valence-electron chi connectivity index (χ1n) is 7.20. The lowest BCUT2D eigenvalue weighted by Gasteiger charge is -2.37. The summed E-state index contributed by atoms with van der Waals surface area (Å²) in [6, 6.07) is 6.57. The summed E-state index contributed by atoms with van der Waals surface area (Å²) in [5.74, 6) is -0.451. The Balaban J connectivity index is 1.73. The van der Waals surface area contributed by atoms with Crippen LogP contribution < -0.4 is 0 Å². The summed E-state index contributed by atoms with van der Waals surface area (Å²) in [7, 11) is -7.32. The summed E-state index contributed by atoms with van der Waals surface area (Å²) in [6.45, 7) is 1.28. The number of hydrogen-bond donors (Lipinski definition) is 0. The molecule has 0 amide bonds. The van der Waals surface area contributed by atoms with E-state index in [0.717, 1.165) is 16.4 Å². The number of sulfone groups is 1. The smallest absolute Gasteiger partial charge is 0.243 e. The molecule has 130 valence electrons. The van der Waals surface area contributed by atoms with Gasteiger partial charge in [-0.1, -0.05) is 0 Å². The topological polar surface area (TPSA) is 84.7 Å². The second kappa shape index (κ2) is 5.98. The largest absolute Gasteiger partial charge is 0.468 e. The fourth-order valence-electron chi connectivity index (χ4n) is 2.58. The molecule has 0 N–H and O–H groups in total. The van der Waals surface area contributed by atoms with Crippen molar-refractivity contribution in [3.63, 3.8) is 0 Å². The molecule has 0 aliphatic carbocycles. The van der Waals surface area contributed by atoms with Crippen LogP contribution in [0.1, 0.15) is 11.3 Å². The highest BCUT2D eigenvalue weighted by molar-refractivity contribution is 7.92. The molecule has 1 aromatic heterocycles. The molecule has 0 bridgehead atoms. The third-order valence-electron chi connectivity index (χ3n) is 4.00. The second-order valence-electron chi connectivity index (χ2n) is 5.74. The summed E-state index contributed by atoms with van der Waals surface area (Å²) in [5.41, 5.74) is 0.289. The van der Waals surface area contributed by atoms with Crippen molar-refractivity contribution in [2.24, 2.45) is 0 Å². The lowest BCUT2D eigenvalue weighted by atomic mass is 10.2. The summed E-state index contributed by atoms with van der Waals surface area (Å²) in [6.07, 6.45) is 1.39. The molecule has 1 saturated heterocycles. The Bertz CT molecular complexity index is 946. The molecule has 1 aliphatic rings. The van der Waals surface area contributed by atoms with Gasteiger partial charge in [0.2, 0.25) is 10.0 Å². The number of hydrogen-bond acceptors (Lipinski definition) is 5. The van der Waals surface area contributed by atoms with Crippen LogP contribution in [0.5, 0.6) is 0 Å². The number of sulfonamides is 1. The van der Waals surface area contributed by atoms with E-state index in [1.807, 2.05) is 0 Å². The number of aryl methyl sites for hydroxylation is 1. The van der Waals surface area contributed by atoms with E-state index in [-0.39, 0.29) is 29.3 Å². The van der Waals surface area contributed by atoms with Gasteiger partial charge in [0.1, 0.15) is 17.3 Å². The standard InChI is InChI=1S/C15H16FNO5S2/c1-11-7-12(16)4-5-15(11)24(20,21)17-8-14(9-17)23(18,19)10-13-3-2-6-22-13/h2-7,14H,8-10H2,1H3. The predicted octanol–water partition coefficient (Wildman–Crippen LogP) is 1.72. The van der Waals surface area contributed by atoms with Crippen LogP contribution in [-0.4, -0.2) is 39.5 Å². The molecule has 0 spiro atoms. The lowest BCUT2D eigenvalue weighted by molar-refractivity contribution is 0.309. The van der Waals surface area contributed by atoms with Gasteiger partial charge in [-0.2, -0.15) is 4.31 Å². The number of halogens is 1. The minimum absolute atomic E-state index is 0.00853. The third kappa shape index (κ3) is 3.11. The van der Waals surface area contributed by atoms with E-state index in [0.29, 0.717) is 5.76 Å². The van der Waals surface area contributed by atoms with Crippen molar-refractivity contribution in [2.75, 3.05) is 13.1 Å². The molecule has 0 atom stereocenters. The highest BCUT2D eigenvalue weighted by atomic mass is 32.2. The minimum atomic E-state index is -3.83. The molecule has 2 heterocycles. The molecule has 0 radical (unpaired) electrons. The average Bonchev–Trinajstić information content (AvgIpc) is 2.87. The van der Waals surface area contributed by atoms with E-state index in [2.05, 4.69) is 0 Å². The maximum Gasteiger partial charge on any atom is 0.243 e. The Morgan fingerprint density at radius 1 is 1.21 bits per heavy atom. The van der Waals surface area contributed by atoms with Gasteiger partial charge in [-0.3, -0.25) is 0 Å². The van der Waals surface area contributed by atoms with Crippen molar-refractivity contribution in [3.8, 4) is 0 Å². The maximum atomic E-state index is 13.1. The molecule has 1 aliphatic heterocycles. The van der Waals surface area contributed by atoms with Crippen molar-refractivity contribution < 1.29 is 25.6 Å². The van der Waals surface area contributed by atoms with Gasteiger partial charge in [-0.15, -0.1) is 0 Å². The predicted molar refractivity (Wildman–Crippen MR) is 85.0 cm³/mol. The lowest BCUT2D eigenvalue weighted by Crippen LogP contribution is -2.56. The zero-order chi connectivity index (χ0) is 17.5. The molecule has 0 unspecified atom stereocenters. The molecule has 9 heteroatoms. The van der Waals surface area contributed by atoms with Crippen LogP contribution in [0.2, 0.25) is 0 Å². The molecule has 24 heavy (non-hydrogen) atoms. The molecule has 1 aromatic carbocycles. The number of rotatable bonds is 5. The van der Waals surface area contributed by atoms with Gasteiger partial charge in [0.25, 0.3) is 0 Å². The van der Waals surface area contributed by atoms with E-state index < -0.39 is 30.9 Å². The molecular formula is C15H16FNO5S2. The van der Waals surface area contributed by atoms with E-state index >= 15 is 0 Å². The Morgan fingerprint density at radius 2 is 1.92 bits per heavy atom. The summed E-state index contributed by atoms with van der Waals surface area (Å²) in [4.78, 5) is -0.00853. The third-order valence-corrected chi connectivity index (χ3v) is 7.99. The van der Waals surface area contributed by atoms with Crippen LogP contribution in [0.4, 0.5) is 4.39 Å².